The van der Waals surface area contributed by atoms with E-state index in [-0.39, 0.29) is 6.42 Å². The topological polar surface area (TPSA) is 26.3 Å². The highest BCUT2D eigenvalue weighted by atomic mass is 35.5. The summed E-state index contributed by atoms with van der Waals surface area (Å²) in [4.78, 5) is 10.0. The maximum Gasteiger partial charge on any atom is 0.131 e. The Bertz CT molecular complexity index is 388. The molecule has 0 heterocycles. The molecule has 2 nitrogen and oxygen atoms in total. The Morgan fingerprint density at radius 1 is 1.50 bits per heavy atom. The summed E-state index contributed by atoms with van der Waals surface area (Å²) in [5.41, 5.74) is 0.746. The van der Waals surface area contributed by atoms with Gasteiger partial charge in [-0.15, -0.1) is 0 Å². The summed E-state index contributed by atoms with van der Waals surface area (Å²) in [6, 6.07) is 5.19. The summed E-state index contributed by atoms with van der Waals surface area (Å²) in [6.07, 6.45) is 0.990. The average Bonchev–Trinajstić information content (AvgIpc) is 2.17. The van der Waals surface area contributed by atoms with Crippen molar-refractivity contribution < 1.29 is 9.53 Å². The van der Waals surface area contributed by atoms with Crippen molar-refractivity contribution in [1.82, 2.24) is 0 Å². The van der Waals surface area contributed by atoms with E-state index in [0.717, 1.165) is 11.8 Å². The van der Waals surface area contributed by atoms with Crippen molar-refractivity contribution in [2.45, 2.75) is 6.42 Å². The summed E-state index contributed by atoms with van der Waals surface area (Å²) in [6.45, 7) is 0. The number of halogens is 1. The minimum Gasteiger partial charge on any atom is -0.497 e. The minimum atomic E-state index is 0.231. The lowest BCUT2D eigenvalue weighted by atomic mass is 10.2. The lowest BCUT2D eigenvalue weighted by molar-refractivity contribution is -0.107. The molecule has 72 valence electrons. The van der Waals surface area contributed by atoms with Crippen LogP contribution in [0, 0.1) is 11.8 Å². The first-order valence-corrected chi connectivity index (χ1v) is 4.41. The van der Waals surface area contributed by atoms with Gasteiger partial charge in [0.1, 0.15) is 12.0 Å². The molecule has 1 rings (SSSR count). The molecule has 0 aliphatic heterocycles. The average molecular weight is 209 g/mol. The zero-order valence-corrected chi connectivity index (χ0v) is 8.47. The van der Waals surface area contributed by atoms with E-state index < -0.39 is 0 Å². The van der Waals surface area contributed by atoms with E-state index in [4.69, 9.17) is 16.3 Å². The highest BCUT2D eigenvalue weighted by Gasteiger charge is 1.96. The molecule has 0 radical (unpaired) electrons. The Labute approximate surface area is 87.8 Å². The molecule has 0 aliphatic carbocycles. The standard InChI is InChI=1S/C11H9ClO2/c1-14-11-7-9(4-2-3-5-13)6-10(12)8-11/h5-8H,3H2,1H3. The van der Waals surface area contributed by atoms with E-state index in [1.54, 1.807) is 25.3 Å². The lowest BCUT2D eigenvalue weighted by Crippen LogP contribution is -1.84. The van der Waals surface area contributed by atoms with Gasteiger partial charge in [0.2, 0.25) is 0 Å². The van der Waals surface area contributed by atoms with Crippen LogP contribution in [0.2, 0.25) is 5.02 Å². The molecule has 1 aromatic carbocycles. The third-order valence-electron chi connectivity index (χ3n) is 1.53. The number of hydrogen-bond acceptors (Lipinski definition) is 2. The van der Waals surface area contributed by atoms with Crippen molar-refractivity contribution in [3.63, 3.8) is 0 Å². The number of carbonyl (C=O) groups excluding carboxylic acids is 1. The first-order valence-electron chi connectivity index (χ1n) is 4.03. The van der Waals surface area contributed by atoms with Crippen LogP contribution in [-0.4, -0.2) is 13.4 Å². The molecule has 3 heteroatoms. The van der Waals surface area contributed by atoms with Crippen molar-refractivity contribution in [3.05, 3.63) is 28.8 Å². The van der Waals surface area contributed by atoms with Crippen molar-refractivity contribution >= 4 is 17.9 Å². The first kappa shape index (κ1) is 10.6. The van der Waals surface area contributed by atoms with Gasteiger partial charge in [0.15, 0.2) is 0 Å². The monoisotopic (exact) mass is 208 g/mol. The molecule has 0 N–H and O–H groups in total. The third-order valence-corrected chi connectivity index (χ3v) is 1.74. The van der Waals surface area contributed by atoms with Crippen LogP contribution in [0.3, 0.4) is 0 Å². The quantitative estimate of drug-likeness (QED) is 0.551. The Hall–Kier alpha value is -1.46. The zero-order valence-electron chi connectivity index (χ0n) is 7.71. The van der Waals surface area contributed by atoms with Gasteiger partial charge in [-0.2, -0.15) is 0 Å². The number of methoxy groups -OCH3 is 1. The Balaban J connectivity index is 2.93. The molecule has 0 atom stereocenters. The van der Waals surface area contributed by atoms with Gasteiger partial charge in [-0.05, 0) is 18.2 Å². The van der Waals surface area contributed by atoms with E-state index >= 15 is 0 Å². The van der Waals surface area contributed by atoms with Gasteiger partial charge in [-0.1, -0.05) is 23.4 Å². The molecule has 0 bridgehead atoms. The van der Waals surface area contributed by atoms with Crippen LogP contribution in [0.25, 0.3) is 0 Å². The second kappa shape index (κ2) is 5.31. The van der Waals surface area contributed by atoms with Crippen LogP contribution >= 0.6 is 11.6 Å². The number of ether oxygens (including phenoxy) is 1. The van der Waals surface area contributed by atoms with Crippen LogP contribution in [0.15, 0.2) is 18.2 Å². The Morgan fingerprint density at radius 2 is 2.29 bits per heavy atom. The molecule has 0 amide bonds. The number of carbonyl (C=O) groups is 1. The molecule has 0 aromatic heterocycles. The van der Waals surface area contributed by atoms with Gasteiger partial charge in [0, 0.05) is 10.6 Å². The van der Waals surface area contributed by atoms with E-state index in [1.807, 2.05) is 0 Å². The summed E-state index contributed by atoms with van der Waals surface area (Å²) in [5, 5.41) is 0.569. The lowest BCUT2D eigenvalue weighted by Gasteiger charge is -2.00. The molecule has 0 fully saturated rings. The number of hydrogen-bond donors (Lipinski definition) is 0. The van der Waals surface area contributed by atoms with E-state index in [0.29, 0.717) is 10.8 Å². The summed E-state index contributed by atoms with van der Waals surface area (Å²) >= 11 is 5.82. The Morgan fingerprint density at radius 3 is 2.93 bits per heavy atom. The maximum absolute atomic E-state index is 10.0. The highest BCUT2D eigenvalue weighted by Crippen LogP contribution is 2.19. The molecular weight excluding hydrogens is 200 g/mol. The number of benzene rings is 1. The predicted octanol–water partition coefficient (Wildman–Crippen LogP) is 2.29. The van der Waals surface area contributed by atoms with Crippen molar-refractivity contribution in [3.8, 4) is 17.6 Å². The van der Waals surface area contributed by atoms with Crippen LogP contribution in [0.4, 0.5) is 0 Å². The second-order valence-corrected chi connectivity index (χ2v) is 2.99. The molecule has 0 unspecified atom stereocenters. The number of aldehydes is 1. The molecule has 0 saturated carbocycles. The molecule has 0 spiro atoms. The third kappa shape index (κ3) is 3.12. The van der Waals surface area contributed by atoms with Gasteiger partial charge in [-0.3, -0.25) is 0 Å². The summed E-state index contributed by atoms with van der Waals surface area (Å²) in [7, 11) is 1.56. The highest BCUT2D eigenvalue weighted by molar-refractivity contribution is 6.30. The normalized spacial score (nSPS) is 8.71. The smallest absolute Gasteiger partial charge is 0.131 e. The van der Waals surface area contributed by atoms with E-state index in [9.17, 15) is 4.79 Å². The molecule has 0 saturated heterocycles. The fourth-order valence-electron chi connectivity index (χ4n) is 0.947. The largest absolute Gasteiger partial charge is 0.497 e. The van der Waals surface area contributed by atoms with Crippen LogP contribution in [-0.2, 0) is 4.79 Å². The van der Waals surface area contributed by atoms with E-state index in [1.165, 1.54) is 0 Å². The summed E-state index contributed by atoms with van der Waals surface area (Å²) in [5.74, 6) is 6.17. The van der Waals surface area contributed by atoms with Crippen LogP contribution in [0.5, 0.6) is 5.75 Å². The zero-order chi connectivity index (χ0) is 10.4. The van der Waals surface area contributed by atoms with Gasteiger partial charge in [0.25, 0.3) is 0 Å². The van der Waals surface area contributed by atoms with Crippen molar-refractivity contribution in [2.75, 3.05) is 7.11 Å². The molecular formula is C11H9ClO2. The number of rotatable bonds is 2. The fraction of sp³-hybridized carbons (Fsp3) is 0.182. The van der Waals surface area contributed by atoms with Gasteiger partial charge >= 0.3 is 0 Å². The summed E-state index contributed by atoms with van der Waals surface area (Å²) < 4.78 is 5.02. The molecule has 0 aliphatic rings. The second-order valence-electron chi connectivity index (χ2n) is 2.55. The SMILES string of the molecule is COc1cc(Cl)cc(C#CCC=O)c1. The maximum atomic E-state index is 10.0. The van der Waals surface area contributed by atoms with Gasteiger partial charge < -0.3 is 9.53 Å². The first-order chi connectivity index (χ1) is 6.76. The van der Waals surface area contributed by atoms with Gasteiger partial charge in [-0.25, -0.2) is 0 Å². The fourth-order valence-corrected chi connectivity index (χ4v) is 1.17. The van der Waals surface area contributed by atoms with Gasteiger partial charge in [0.05, 0.1) is 13.5 Å². The van der Waals surface area contributed by atoms with E-state index in [2.05, 4.69) is 11.8 Å². The van der Waals surface area contributed by atoms with Crippen molar-refractivity contribution in [2.24, 2.45) is 0 Å². The van der Waals surface area contributed by atoms with Crippen LogP contribution < -0.4 is 4.74 Å². The minimum absolute atomic E-state index is 0.231. The Kier molecular flexibility index (Phi) is 4.03. The van der Waals surface area contributed by atoms with Crippen LogP contribution in [0.1, 0.15) is 12.0 Å². The molecule has 1 aromatic rings. The van der Waals surface area contributed by atoms with Crippen molar-refractivity contribution in [1.29, 1.82) is 0 Å². The molecule has 14 heavy (non-hydrogen) atoms. The predicted molar refractivity (Wildman–Crippen MR) is 55.6 cm³/mol.